The largest absolute Gasteiger partial charge is 0.378 e. The highest BCUT2D eigenvalue weighted by molar-refractivity contribution is 8.01. The number of thioether (sulfide) groups is 1. The number of carbonyl (C=O) groups excluding carboxylic acids is 2. The van der Waals surface area contributed by atoms with E-state index in [0.717, 1.165) is 9.77 Å². The number of primary amides is 1. The van der Waals surface area contributed by atoms with Gasteiger partial charge in [0.1, 0.15) is 0 Å². The Labute approximate surface area is 158 Å². The van der Waals surface area contributed by atoms with Gasteiger partial charge in [-0.25, -0.2) is 4.98 Å². The Morgan fingerprint density at radius 1 is 1.46 bits per heavy atom. The first kappa shape index (κ1) is 20.1. The zero-order chi connectivity index (χ0) is 19.5. The number of nitrogens with zero attached hydrogens (tertiary/aromatic N) is 2. The summed E-state index contributed by atoms with van der Waals surface area (Å²) in [6.07, 6.45) is 1.53. The van der Waals surface area contributed by atoms with Crippen molar-refractivity contribution in [2.45, 2.75) is 37.1 Å². The van der Waals surface area contributed by atoms with E-state index in [-0.39, 0.29) is 17.9 Å². The molecule has 0 aliphatic carbocycles. The molecule has 0 fully saturated rings. The zero-order valence-corrected chi connectivity index (χ0v) is 16.2. The number of nitrogens with one attached hydrogen (secondary N) is 1. The van der Waals surface area contributed by atoms with Gasteiger partial charge in [-0.3, -0.25) is 19.7 Å². The Bertz CT molecular complexity index is 889. The molecule has 1 atom stereocenters. The predicted octanol–water partition coefficient (Wildman–Crippen LogP) is 0.889. The second kappa shape index (κ2) is 8.02. The number of carbonyl (C=O) groups is 2. The van der Waals surface area contributed by atoms with Crippen molar-refractivity contribution >= 4 is 40.0 Å². The highest BCUT2D eigenvalue weighted by Crippen LogP contribution is 2.32. The average molecular weight is 396 g/mol. The molecule has 2 aromatic heterocycles. The summed E-state index contributed by atoms with van der Waals surface area (Å²) in [5, 5.41) is 13.3. The van der Waals surface area contributed by atoms with Crippen LogP contribution in [0.15, 0.2) is 27.3 Å². The topological polar surface area (TPSA) is 127 Å². The maximum atomic E-state index is 12.4. The Hall–Kier alpha value is -2.17. The Balaban J connectivity index is 2.09. The van der Waals surface area contributed by atoms with Gasteiger partial charge in [-0.15, -0.1) is 11.8 Å². The van der Waals surface area contributed by atoms with E-state index < -0.39 is 17.4 Å². The molecule has 10 heteroatoms. The molecule has 2 heterocycles. The van der Waals surface area contributed by atoms with Crippen LogP contribution in [0, 0.1) is 13.8 Å². The first-order valence-corrected chi connectivity index (χ1v) is 9.48. The van der Waals surface area contributed by atoms with Crippen LogP contribution in [0.3, 0.4) is 0 Å². The van der Waals surface area contributed by atoms with Crippen molar-refractivity contribution in [1.29, 1.82) is 0 Å². The number of aryl methyl sites for hydroxylation is 2. The lowest BCUT2D eigenvalue weighted by molar-refractivity contribution is -0.133. The summed E-state index contributed by atoms with van der Waals surface area (Å²) in [7, 11) is 0. The monoisotopic (exact) mass is 396 g/mol. The summed E-state index contributed by atoms with van der Waals surface area (Å²) in [6, 6.07) is 3.15. The van der Waals surface area contributed by atoms with Gasteiger partial charge >= 0.3 is 0 Å². The summed E-state index contributed by atoms with van der Waals surface area (Å²) in [5.74, 6) is -1.00. The lowest BCUT2D eigenvalue weighted by atomic mass is 10.1. The number of hydrogen-bond donors (Lipinski definition) is 3. The van der Waals surface area contributed by atoms with Crippen molar-refractivity contribution in [1.82, 2.24) is 9.55 Å². The van der Waals surface area contributed by atoms with E-state index in [1.54, 1.807) is 19.9 Å². The summed E-state index contributed by atoms with van der Waals surface area (Å²) < 4.78 is 2.03. The minimum Gasteiger partial charge on any atom is -0.378 e. The molecular weight excluding hydrogens is 376 g/mol. The van der Waals surface area contributed by atoms with Crippen molar-refractivity contribution in [3.63, 3.8) is 0 Å². The maximum absolute atomic E-state index is 12.4. The molecule has 0 aliphatic rings. The summed E-state index contributed by atoms with van der Waals surface area (Å²) in [4.78, 5) is 39.4. The molecule has 2 aromatic rings. The fourth-order valence-electron chi connectivity index (χ4n) is 2.08. The second-order valence-electron chi connectivity index (χ2n) is 6.05. The van der Waals surface area contributed by atoms with Crippen LogP contribution in [0.2, 0.25) is 0 Å². The van der Waals surface area contributed by atoms with Gasteiger partial charge in [-0.05, 0) is 32.4 Å². The molecular formula is C16H20N4O4S2. The number of nitrogens with two attached hydrogens (primary N) is 1. The van der Waals surface area contributed by atoms with Gasteiger partial charge in [0, 0.05) is 12.3 Å². The van der Waals surface area contributed by atoms with Gasteiger partial charge in [0.05, 0.1) is 22.2 Å². The number of pyridine rings is 1. The molecule has 0 saturated heterocycles. The SMILES string of the molecule is Cc1ccn(C[C@@](C)(O)C(=O)Nc2nc(C)c(SCC(N)=O)s2)c(=O)c1. The molecule has 2 rings (SSSR count). The number of thiazole rings is 1. The predicted molar refractivity (Wildman–Crippen MR) is 101 cm³/mol. The highest BCUT2D eigenvalue weighted by Gasteiger charge is 2.32. The van der Waals surface area contributed by atoms with Crippen LogP contribution >= 0.6 is 23.1 Å². The van der Waals surface area contributed by atoms with Crippen LogP contribution in [-0.4, -0.2) is 37.8 Å². The van der Waals surface area contributed by atoms with Gasteiger partial charge in [-0.2, -0.15) is 0 Å². The van der Waals surface area contributed by atoms with Crippen molar-refractivity contribution in [2.75, 3.05) is 11.1 Å². The van der Waals surface area contributed by atoms with E-state index in [2.05, 4.69) is 10.3 Å². The van der Waals surface area contributed by atoms with E-state index in [1.807, 2.05) is 0 Å². The van der Waals surface area contributed by atoms with Crippen LogP contribution in [-0.2, 0) is 16.1 Å². The Morgan fingerprint density at radius 3 is 2.77 bits per heavy atom. The Morgan fingerprint density at radius 2 is 2.15 bits per heavy atom. The molecule has 4 N–H and O–H groups in total. The van der Waals surface area contributed by atoms with Gasteiger partial charge in [-0.1, -0.05) is 11.3 Å². The maximum Gasteiger partial charge on any atom is 0.259 e. The van der Waals surface area contributed by atoms with Crippen LogP contribution in [0.1, 0.15) is 18.2 Å². The Kier molecular flexibility index (Phi) is 6.21. The van der Waals surface area contributed by atoms with Gasteiger partial charge < -0.3 is 15.4 Å². The van der Waals surface area contributed by atoms with Crippen molar-refractivity contribution in [3.8, 4) is 0 Å². The van der Waals surface area contributed by atoms with E-state index in [0.29, 0.717) is 10.8 Å². The van der Waals surface area contributed by atoms with Gasteiger partial charge in [0.2, 0.25) is 5.91 Å². The first-order chi connectivity index (χ1) is 12.1. The van der Waals surface area contributed by atoms with Crippen LogP contribution in [0.4, 0.5) is 5.13 Å². The lowest BCUT2D eigenvalue weighted by Crippen LogP contribution is -2.45. The van der Waals surface area contributed by atoms with E-state index in [1.165, 1.54) is 46.9 Å². The lowest BCUT2D eigenvalue weighted by Gasteiger charge is -2.22. The first-order valence-electron chi connectivity index (χ1n) is 7.68. The number of aromatic nitrogens is 2. The molecule has 140 valence electrons. The van der Waals surface area contributed by atoms with Gasteiger partial charge in [0.25, 0.3) is 11.5 Å². The van der Waals surface area contributed by atoms with E-state index in [9.17, 15) is 19.5 Å². The molecule has 0 saturated carbocycles. The zero-order valence-electron chi connectivity index (χ0n) is 14.6. The van der Waals surface area contributed by atoms with E-state index >= 15 is 0 Å². The van der Waals surface area contributed by atoms with Crippen LogP contribution in [0.25, 0.3) is 0 Å². The fourth-order valence-corrected chi connectivity index (χ4v) is 3.95. The summed E-state index contributed by atoms with van der Waals surface area (Å²) in [5.41, 5.74) is 4.48. The van der Waals surface area contributed by atoms with Crippen molar-refractivity contribution in [3.05, 3.63) is 39.9 Å². The molecule has 8 nitrogen and oxygen atoms in total. The summed E-state index contributed by atoms with van der Waals surface area (Å²) in [6.45, 7) is 4.68. The van der Waals surface area contributed by atoms with Gasteiger partial charge in [0.15, 0.2) is 10.7 Å². The third-order valence-corrected chi connectivity index (χ3v) is 5.90. The standard InChI is InChI=1S/C16H20N4O4S2/c1-9-4-5-20(12(22)6-9)8-16(3,24)14(23)19-15-18-10(2)13(26-15)25-7-11(17)21/h4-6,24H,7-8H2,1-3H3,(H2,17,21)(H,18,19,23)/t16-/m1/s1. The summed E-state index contributed by atoms with van der Waals surface area (Å²) >= 11 is 2.43. The van der Waals surface area contributed by atoms with Crippen LogP contribution in [0.5, 0.6) is 0 Å². The average Bonchev–Trinajstić information content (AvgIpc) is 2.87. The third kappa shape index (κ3) is 5.16. The van der Waals surface area contributed by atoms with Crippen LogP contribution < -0.4 is 16.6 Å². The third-order valence-electron chi connectivity index (χ3n) is 3.44. The van der Waals surface area contributed by atoms with Crippen molar-refractivity contribution < 1.29 is 14.7 Å². The quantitative estimate of drug-likeness (QED) is 0.597. The number of aliphatic hydroxyl groups is 1. The number of anilines is 1. The number of rotatable bonds is 7. The molecule has 0 aliphatic heterocycles. The minimum absolute atomic E-state index is 0.116. The minimum atomic E-state index is -1.81. The molecule has 0 bridgehead atoms. The highest BCUT2D eigenvalue weighted by atomic mass is 32.2. The molecule has 0 spiro atoms. The van der Waals surface area contributed by atoms with Crippen molar-refractivity contribution in [2.24, 2.45) is 5.73 Å². The number of amides is 2. The molecule has 0 radical (unpaired) electrons. The normalized spacial score (nSPS) is 13.2. The molecule has 26 heavy (non-hydrogen) atoms. The molecule has 0 aromatic carbocycles. The number of hydrogen-bond acceptors (Lipinski definition) is 7. The smallest absolute Gasteiger partial charge is 0.259 e. The second-order valence-corrected chi connectivity index (χ2v) is 8.29. The van der Waals surface area contributed by atoms with E-state index in [4.69, 9.17) is 5.73 Å². The molecule has 0 unspecified atom stereocenters. The molecule has 2 amide bonds. The fraction of sp³-hybridized carbons (Fsp3) is 0.375.